The maximum atomic E-state index is 13.5. The molecule has 0 heterocycles. The van der Waals surface area contributed by atoms with E-state index < -0.39 is 15.9 Å². The van der Waals surface area contributed by atoms with E-state index in [1.807, 2.05) is 24.3 Å². The second-order valence-corrected chi connectivity index (χ2v) is 10.2. The molecular weight excluding hydrogens is 470 g/mol. The summed E-state index contributed by atoms with van der Waals surface area (Å²) >= 11 is 6.17. The zero-order valence-electron chi connectivity index (χ0n) is 19.7. The Balaban J connectivity index is 1.80. The lowest BCUT2D eigenvalue weighted by molar-refractivity contribution is -0.119. The molecule has 8 heteroatoms. The Morgan fingerprint density at radius 3 is 2.21 bits per heavy atom. The third-order valence-corrected chi connectivity index (χ3v) is 7.62. The number of sulfonamides is 1. The van der Waals surface area contributed by atoms with Crippen LogP contribution in [-0.4, -0.2) is 34.0 Å². The smallest absolute Gasteiger partial charge is 0.264 e. The number of aryl methyl sites for hydroxylation is 1. The van der Waals surface area contributed by atoms with Crippen molar-refractivity contribution < 1.29 is 13.2 Å². The molecule has 0 aliphatic heterocycles. The van der Waals surface area contributed by atoms with Crippen LogP contribution in [0.1, 0.15) is 25.0 Å². The van der Waals surface area contributed by atoms with Crippen LogP contribution >= 0.6 is 11.6 Å². The Kier molecular flexibility index (Phi) is 8.58. The standard InChI is InChI=1S/C26H30ClN3O3S/c1-4-29(5-2)23-15-12-21(13-16-23)18-28-26(31)19-30(25-17-22(27)14-11-20(25)3)34(32,33)24-9-7-6-8-10-24/h6-17H,4-5,18-19H2,1-3H3,(H,28,31). The van der Waals surface area contributed by atoms with Gasteiger partial charge in [0.1, 0.15) is 6.54 Å². The first kappa shape index (κ1) is 25.6. The van der Waals surface area contributed by atoms with Gasteiger partial charge in [-0.05, 0) is 68.3 Å². The summed E-state index contributed by atoms with van der Waals surface area (Å²) in [6.45, 7) is 7.76. The summed E-state index contributed by atoms with van der Waals surface area (Å²) in [5.41, 5.74) is 3.12. The molecular formula is C26H30ClN3O3S. The molecule has 0 radical (unpaired) electrons. The van der Waals surface area contributed by atoms with Crippen molar-refractivity contribution in [1.82, 2.24) is 5.32 Å². The van der Waals surface area contributed by atoms with Gasteiger partial charge < -0.3 is 10.2 Å². The lowest BCUT2D eigenvalue weighted by atomic mass is 10.2. The molecule has 34 heavy (non-hydrogen) atoms. The number of nitrogens with zero attached hydrogens (tertiary/aromatic N) is 2. The number of carbonyl (C=O) groups is 1. The first-order valence-electron chi connectivity index (χ1n) is 11.2. The molecule has 3 aromatic rings. The fraction of sp³-hybridized carbons (Fsp3) is 0.269. The van der Waals surface area contributed by atoms with Crippen LogP contribution in [0.2, 0.25) is 5.02 Å². The first-order chi connectivity index (χ1) is 16.3. The number of nitrogens with one attached hydrogen (secondary N) is 1. The molecule has 1 N–H and O–H groups in total. The molecule has 0 bridgehead atoms. The highest BCUT2D eigenvalue weighted by molar-refractivity contribution is 7.92. The number of anilines is 2. The van der Waals surface area contributed by atoms with Crippen LogP contribution in [0, 0.1) is 6.92 Å². The molecule has 6 nitrogen and oxygen atoms in total. The molecule has 0 unspecified atom stereocenters. The lowest BCUT2D eigenvalue weighted by Gasteiger charge is -2.26. The van der Waals surface area contributed by atoms with Gasteiger partial charge in [0.05, 0.1) is 10.6 Å². The average Bonchev–Trinajstić information content (AvgIpc) is 2.85. The first-order valence-corrected chi connectivity index (χ1v) is 13.0. The van der Waals surface area contributed by atoms with Crippen molar-refractivity contribution in [3.05, 3.63) is 88.9 Å². The third-order valence-electron chi connectivity index (χ3n) is 5.61. The number of rotatable bonds is 10. The van der Waals surface area contributed by atoms with Crippen molar-refractivity contribution >= 4 is 38.9 Å². The van der Waals surface area contributed by atoms with Crippen molar-refractivity contribution in [1.29, 1.82) is 0 Å². The van der Waals surface area contributed by atoms with Gasteiger partial charge >= 0.3 is 0 Å². The minimum absolute atomic E-state index is 0.106. The Hall–Kier alpha value is -3.03. The molecule has 0 saturated heterocycles. The van der Waals surface area contributed by atoms with Crippen molar-refractivity contribution in [3.63, 3.8) is 0 Å². The quantitative estimate of drug-likeness (QED) is 0.426. The molecule has 0 aliphatic carbocycles. The van der Waals surface area contributed by atoms with E-state index in [9.17, 15) is 13.2 Å². The molecule has 0 aromatic heterocycles. The van der Waals surface area contributed by atoms with E-state index in [0.717, 1.165) is 28.6 Å². The minimum Gasteiger partial charge on any atom is -0.372 e. The molecule has 0 saturated carbocycles. The van der Waals surface area contributed by atoms with Crippen LogP contribution in [0.5, 0.6) is 0 Å². The summed E-state index contributed by atoms with van der Waals surface area (Å²) in [4.78, 5) is 15.2. The summed E-state index contributed by atoms with van der Waals surface area (Å²) < 4.78 is 28.0. The van der Waals surface area contributed by atoms with E-state index in [-0.39, 0.29) is 11.4 Å². The number of hydrogen-bond donors (Lipinski definition) is 1. The van der Waals surface area contributed by atoms with Gasteiger partial charge in [-0.1, -0.05) is 48.0 Å². The van der Waals surface area contributed by atoms with Crippen LogP contribution in [0.15, 0.2) is 77.7 Å². The van der Waals surface area contributed by atoms with Gasteiger partial charge in [-0.3, -0.25) is 9.10 Å². The van der Waals surface area contributed by atoms with Gasteiger partial charge in [0.2, 0.25) is 5.91 Å². The zero-order chi connectivity index (χ0) is 24.7. The fourth-order valence-corrected chi connectivity index (χ4v) is 5.34. The number of benzene rings is 3. The average molecular weight is 500 g/mol. The summed E-state index contributed by atoms with van der Waals surface area (Å²) in [5.74, 6) is -0.410. The summed E-state index contributed by atoms with van der Waals surface area (Å²) in [6.07, 6.45) is 0. The Labute approximate surface area is 207 Å². The Bertz CT molecular complexity index is 1210. The molecule has 0 spiro atoms. The summed E-state index contributed by atoms with van der Waals surface area (Å²) in [5, 5.41) is 3.23. The third kappa shape index (κ3) is 6.10. The molecule has 3 rings (SSSR count). The van der Waals surface area contributed by atoms with Crippen LogP contribution in [0.25, 0.3) is 0 Å². The molecule has 3 aromatic carbocycles. The highest BCUT2D eigenvalue weighted by atomic mass is 35.5. The lowest BCUT2D eigenvalue weighted by Crippen LogP contribution is -2.41. The monoisotopic (exact) mass is 499 g/mol. The van der Waals surface area contributed by atoms with E-state index in [1.54, 1.807) is 43.3 Å². The van der Waals surface area contributed by atoms with Crippen molar-refractivity contribution in [3.8, 4) is 0 Å². The van der Waals surface area contributed by atoms with Crippen LogP contribution in [0.3, 0.4) is 0 Å². The highest BCUT2D eigenvalue weighted by Gasteiger charge is 2.28. The van der Waals surface area contributed by atoms with E-state index in [4.69, 9.17) is 11.6 Å². The van der Waals surface area contributed by atoms with Crippen LogP contribution in [0.4, 0.5) is 11.4 Å². The van der Waals surface area contributed by atoms with E-state index in [0.29, 0.717) is 22.8 Å². The van der Waals surface area contributed by atoms with Gasteiger partial charge in [0, 0.05) is 30.3 Å². The predicted octanol–water partition coefficient (Wildman–Crippen LogP) is 5.01. The number of amides is 1. The summed E-state index contributed by atoms with van der Waals surface area (Å²) in [6, 6.07) is 21.0. The topological polar surface area (TPSA) is 69.7 Å². The molecule has 180 valence electrons. The number of carbonyl (C=O) groups excluding carboxylic acids is 1. The largest absolute Gasteiger partial charge is 0.372 e. The zero-order valence-corrected chi connectivity index (χ0v) is 21.2. The molecule has 0 atom stereocenters. The predicted molar refractivity (Wildman–Crippen MR) is 139 cm³/mol. The second-order valence-electron chi connectivity index (χ2n) is 7.87. The van der Waals surface area contributed by atoms with Gasteiger partial charge in [-0.2, -0.15) is 0 Å². The van der Waals surface area contributed by atoms with Gasteiger partial charge in [0.25, 0.3) is 10.0 Å². The maximum Gasteiger partial charge on any atom is 0.264 e. The fourth-order valence-electron chi connectivity index (χ4n) is 3.67. The molecule has 1 amide bonds. The molecule has 0 aliphatic rings. The Morgan fingerprint density at radius 2 is 1.59 bits per heavy atom. The van der Waals surface area contributed by atoms with Crippen molar-refractivity contribution in [2.24, 2.45) is 0 Å². The van der Waals surface area contributed by atoms with Gasteiger partial charge in [0.15, 0.2) is 0 Å². The maximum absolute atomic E-state index is 13.5. The van der Waals surface area contributed by atoms with Crippen molar-refractivity contribution in [2.45, 2.75) is 32.2 Å². The number of hydrogen-bond acceptors (Lipinski definition) is 4. The minimum atomic E-state index is -3.98. The molecule has 0 fully saturated rings. The normalized spacial score (nSPS) is 11.2. The second kappa shape index (κ2) is 11.4. The highest BCUT2D eigenvalue weighted by Crippen LogP contribution is 2.29. The van der Waals surface area contributed by atoms with Gasteiger partial charge in [-0.15, -0.1) is 0 Å². The van der Waals surface area contributed by atoms with Crippen LogP contribution < -0.4 is 14.5 Å². The van der Waals surface area contributed by atoms with Crippen LogP contribution in [-0.2, 0) is 21.4 Å². The SMILES string of the molecule is CCN(CC)c1ccc(CNC(=O)CN(c2cc(Cl)ccc2C)S(=O)(=O)c2ccccc2)cc1. The van der Waals surface area contributed by atoms with E-state index in [1.165, 1.54) is 12.1 Å². The van der Waals surface area contributed by atoms with Crippen molar-refractivity contribution in [2.75, 3.05) is 28.8 Å². The van der Waals surface area contributed by atoms with Gasteiger partial charge in [-0.25, -0.2) is 8.42 Å². The van der Waals surface area contributed by atoms with E-state index >= 15 is 0 Å². The Morgan fingerprint density at radius 1 is 0.941 bits per heavy atom. The summed E-state index contributed by atoms with van der Waals surface area (Å²) in [7, 11) is -3.98. The number of halogens is 1. The van der Waals surface area contributed by atoms with E-state index in [2.05, 4.69) is 24.1 Å².